The van der Waals surface area contributed by atoms with E-state index in [9.17, 15) is 13.6 Å². The van der Waals surface area contributed by atoms with E-state index in [2.05, 4.69) is 15.4 Å². The lowest BCUT2D eigenvalue weighted by atomic mass is 10.0. The molecule has 0 aliphatic carbocycles. The number of anilines is 1. The third-order valence-corrected chi connectivity index (χ3v) is 3.83. The Morgan fingerprint density at radius 1 is 1.12 bits per heavy atom. The van der Waals surface area contributed by atoms with Gasteiger partial charge in [0.2, 0.25) is 0 Å². The van der Waals surface area contributed by atoms with Crippen LogP contribution in [0, 0.1) is 6.92 Å². The van der Waals surface area contributed by atoms with Crippen LogP contribution in [0.3, 0.4) is 0 Å². The van der Waals surface area contributed by atoms with Crippen molar-refractivity contribution in [3.8, 4) is 11.5 Å². The van der Waals surface area contributed by atoms with Crippen molar-refractivity contribution in [2.45, 2.75) is 19.7 Å². The number of halogens is 2. The zero-order chi connectivity index (χ0) is 17.3. The van der Waals surface area contributed by atoms with E-state index in [0.717, 1.165) is 5.56 Å². The number of hydrogen-bond donors (Lipinski definition) is 2. The van der Waals surface area contributed by atoms with Crippen LogP contribution in [0.1, 0.15) is 27.7 Å². The summed E-state index contributed by atoms with van der Waals surface area (Å²) in [7, 11) is 1.36. The second-order valence-corrected chi connectivity index (χ2v) is 5.31. The molecule has 1 unspecified atom stereocenters. The first-order valence-corrected chi connectivity index (χ1v) is 7.30. The van der Waals surface area contributed by atoms with Gasteiger partial charge >= 0.3 is 6.61 Å². The number of carbonyl (C=O) groups excluding carboxylic acids is 1. The van der Waals surface area contributed by atoms with Gasteiger partial charge in [0.25, 0.3) is 5.91 Å². The molecule has 1 aliphatic rings. The van der Waals surface area contributed by atoms with Crippen molar-refractivity contribution in [1.82, 2.24) is 5.32 Å². The Morgan fingerprint density at radius 3 is 2.58 bits per heavy atom. The van der Waals surface area contributed by atoms with Gasteiger partial charge in [-0.1, -0.05) is 24.3 Å². The fourth-order valence-electron chi connectivity index (χ4n) is 2.73. The van der Waals surface area contributed by atoms with Gasteiger partial charge < -0.3 is 20.1 Å². The summed E-state index contributed by atoms with van der Waals surface area (Å²) in [6, 6.07) is 10.1. The molecule has 0 saturated carbocycles. The van der Waals surface area contributed by atoms with E-state index in [4.69, 9.17) is 4.74 Å². The maximum Gasteiger partial charge on any atom is 0.387 e. The highest BCUT2D eigenvalue weighted by molar-refractivity contribution is 6.02. The molecule has 2 aromatic carbocycles. The zero-order valence-electron chi connectivity index (χ0n) is 13.1. The molecular weight excluding hydrogens is 318 g/mol. The van der Waals surface area contributed by atoms with Crippen LogP contribution >= 0.6 is 0 Å². The molecule has 2 aromatic rings. The summed E-state index contributed by atoms with van der Waals surface area (Å²) in [4.78, 5) is 12.3. The minimum absolute atomic E-state index is 0.107. The smallest absolute Gasteiger partial charge is 0.387 e. The molecule has 0 fully saturated rings. The number of hydrogen-bond acceptors (Lipinski definition) is 4. The Balaban J connectivity index is 2.04. The van der Waals surface area contributed by atoms with Crippen LogP contribution in [-0.4, -0.2) is 19.6 Å². The van der Waals surface area contributed by atoms with Gasteiger partial charge in [-0.25, -0.2) is 0 Å². The number of aryl methyl sites for hydroxylation is 1. The third-order valence-electron chi connectivity index (χ3n) is 3.83. The molecule has 7 heteroatoms. The lowest BCUT2D eigenvalue weighted by Crippen LogP contribution is -2.39. The van der Waals surface area contributed by atoms with Crippen molar-refractivity contribution in [3.63, 3.8) is 0 Å². The maximum absolute atomic E-state index is 12.8. The van der Waals surface area contributed by atoms with E-state index in [-0.39, 0.29) is 17.4 Å². The van der Waals surface area contributed by atoms with Gasteiger partial charge in [-0.3, -0.25) is 4.79 Å². The Kier molecular flexibility index (Phi) is 4.24. The molecule has 2 N–H and O–H groups in total. The van der Waals surface area contributed by atoms with Crippen molar-refractivity contribution in [2.75, 3.05) is 12.4 Å². The molecule has 1 atom stereocenters. The molecule has 0 radical (unpaired) electrons. The lowest BCUT2D eigenvalue weighted by Gasteiger charge is -2.30. The van der Waals surface area contributed by atoms with Crippen molar-refractivity contribution < 1.29 is 23.0 Å². The molecule has 5 nitrogen and oxygen atoms in total. The van der Waals surface area contributed by atoms with Gasteiger partial charge in [0, 0.05) is 5.56 Å². The number of nitrogens with one attached hydrogen (secondary N) is 2. The van der Waals surface area contributed by atoms with Crippen molar-refractivity contribution in [1.29, 1.82) is 0 Å². The van der Waals surface area contributed by atoms with Crippen LogP contribution in [-0.2, 0) is 0 Å². The Morgan fingerprint density at radius 2 is 1.88 bits per heavy atom. The monoisotopic (exact) mass is 334 g/mol. The van der Waals surface area contributed by atoms with Gasteiger partial charge in [0.15, 0.2) is 11.5 Å². The van der Waals surface area contributed by atoms with E-state index in [1.54, 1.807) is 24.3 Å². The summed E-state index contributed by atoms with van der Waals surface area (Å²) >= 11 is 0. The topological polar surface area (TPSA) is 59.6 Å². The van der Waals surface area contributed by atoms with Crippen LogP contribution in [0.25, 0.3) is 0 Å². The molecule has 126 valence electrons. The highest BCUT2D eigenvalue weighted by Crippen LogP contribution is 2.38. The number of para-hydroxylation sites is 2. The SMILES string of the molecule is COc1cccc(C2NC(=O)c3cccc(C)c3N2)c1OC(F)F. The number of alkyl halides is 2. The van der Waals surface area contributed by atoms with Crippen molar-refractivity contribution in [3.05, 3.63) is 53.1 Å². The van der Waals surface area contributed by atoms with Gasteiger partial charge in [0.05, 0.1) is 18.4 Å². The first kappa shape index (κ1) is 16.0. The van der Waals surface area contributed by atoms with Gasteiger partial charge in [-0.05, 0) is 24.6 Å². The summed E-state index contributed by atoms with van der Waals surface area (Å²) < 4.78 is 35.3. The predicted octanol–water partition coefficient (Wildman–Crippen LogP) is 3.46. The Labute approximate surface area is 137 Å². The number of amides is 1. The van der Waals surface area contributed by atoms with Crippen molar-refractivity contribution in [2.24, 2.45) is 0 Å². The van der Waals surface area contributed by atoms with Gasteiger partial charge in [-0.2, -0.15) is 8.78 Å². The molecule has 3 rings (SSSR count). The molecule has 0 spiro atoms. The second-order valence-electron chi connectivity index (χ2n) is 5.31. The van der Waals surface area contributed by atoms with Crippen molar-refractivity contribution >= 4 is 11.6 Å². The third kappa shape index (κ3) is 2.84. The molecular formula is C17H16F2N2O3. The average molecular weight is 334 g/mol. The predicted molar refractivity (Wildman–Crippen MR) is 84.6 cm³/mol. The van der Waals surface area contributed by atoms with Gasteiger partial charge in [0.1, 0.15) is 6.17 Å². The number of rotatable bonds is 4. The molecule has 0 aromatic heterocycles. The minimum atomic E-state index is -3.01. The quantitative estimate of drug-likeness (QED) is 0.899. The van der Waals surface area contributed by atoms with E-state index < -0.39 is 12.8 Å². The van der Waals surface area contributed by atoms with Crippen LogP contribution in [0.2, 0.25) is 0 Å². The van der Waals surface area contributed by atoms with Crippen LogP contribution in [0.15, 0.2) is 36.4 Å². The van der Waals surface area contributed by atoms with Crippen LogP contribution in [0.5, 0.6) is 11.5 Å². The number of benzene rings is 2. The lowest BCUT2D eigenvalue weighted by molar-refractivity contribution is -0.0520. The summed E-state index contributed by atoms with van der Waals surface area (Å²) in [6.07, 6.45) is -0.713. The van der Waals surface area contributed by atoms with E-state index >= 15 is 0 Å². The zero-order valence-corrected chi connectivity index (χ0v) is 13.1. The average Bonchev–Trinajstić information content (AvgIpc) is 2.55. The Bertz CT molecular complexity index is 780. The van der Waals surface area contributed by atoms with Crippen LogP contribution < -0.4 is 20.1 Å². The van der Waals surface area contributed by atoms with E-state index in [1.165, 1.54) is 13.2 Å². The highest BCUT2D eigenvalue weighted by Gasteiger charge is 2.29. The molecule has 1 amide bonds. The Hall–Kier alpha value is -2.83. The largest absolute Gasteiger partial charge is 0.493 e. The molecule has 0 bridgehead atoms. The molecule has 1 heterocycles. The number of carbonyl (C=O) groups is 1. The summed E-state index contributed by atoms with van der Waals surface area (Å²) in [5.74, 6) is -0.229. The fraction of sp³-hybridized carbons (Fsp3) is 0.235. The normalized spacial score (nSPS) is 16.2. The number of methoxy groups -OCH3 is 1. The standard InChI is InChI=1S/C17H16F2N2O3/c1-9-5-3-6-10-13(9)20-15(21-16(10)22)11-7-4-8-12(23-2)14(11)24-17(18)19/h3-8,15,17,20H,1-2H3,(H,21,22). The minimum Gasteiger partial charge on any atom is -0.493 e. The maximum atomic E-state index is 12.8. The summed E-state index contributed by atoms with van der Waals surface area (Å²) in [5.41, 5.74) is 2.41. The number of fused-ring (bicyclic) bond motifs is 1. The molecule has 1 aliphatic heterocycles. The number of ether oxygens (including phenoxy) is 2. The second kappa shape index (κ2) is 6.35. The summed E-state index contributed by atoms with van der Waals surface area (Å²) in [6.45, 7) is -1.14. The first-order chi connectivity index (χ1) is 11.5. The molecule has 0 saturated heterocycles. The molecule has 24 heavy (non-hydrogen) atoms. The van der Waals surface area contributed by atoms with E-state index in [1.807, 2.05) is 13.0 Å². The van der Waals surface area contributed by atoms with Gasteiger partial charge in [-0.15, -0.1) is 0 Å². The summed E-state index contributed by atoms with van der Waals surface area (Å²) in [5, 5.41) is 5.92. The van der Waals surface area contributed by atoms with Crippen LogP contribution in [0.4, 0.5) is 14.5 Å². The first-order valence-electron chi connectivity index (χ1n) is 7.30. The highest BCUT2D eigenvalue weighted by atomic mass is 19.3. The fourth-order valence-corrected chi connectivity index (χ4v) is 2.73. The van der Waals surface area contributed by atoms with E-state index in [0.29, 0.717) is 16.8 Å².